The normalized spacial score (nSPS) is 25.2. The lowest BCUT2D eigenvalue weighted by atomic mass is 9.44. The van der Waals surface area contributed by atoms with Crippen LogP contribution in [0.1, 0.15) is 110 Å². The molecule has 2 aliphatic heterocycles. The first-order valence-electron chi connectivity index (χ1n) is 30.4. The zero-order valence-corrected chi connectivity index (χ0v) is 52.3. The van der Waals surface area contributed by atoms with E-state index < -0.39 is 173 Å². The van der Waals surface area contributed by atoms with Crippen molar-refractivity contribution >= 4 is 58.4 Å². The van der Waals surface area contributed by atoms with Crippen LogP contribution < -0.4 is 16.1 Å². The van der Waals surface area contributed by atoms with Gasteiger partial charge in [-0.05, 0) is 97.1 Å². The average Bonchev–Trinajstić information content (AvgIpc) is 0.667. The average molecular weight is 1310 g/mol. The lowest BCUT2D eigenvalue weighted by molar-refractivity contribution is -0.346. The topological polar surface area (TPSA) is 327 Å². The number of ketones is 1. The van der Waals surface area contributed by atoms with Gasteiger partial charge >= 0.3 is 29.8 Å². The summed E-state index contributed by atoms with van der Waals surface area (Å²) >= 11 is 0. The van der Waals surface area contributed by atoms with Crippen LogP contribution >= 0.6 is 0 Å². The van der Waals surface area contributed by atoms with Crippen molar-refractivity contribution in [2.75, 3.05) is 6.61 Å². The summed E-state index contributed by atoms with van der Waals surface area (Å²) in [7, 11) is 0. The third-order valence-corrected chi connectivity index (χ3v) is 19.1. The van der Waals surface area contributed by atoms with E-state index in [4.69, 9.17) is 32.8 Å². The van der Waals surface area contributed by atoms with Crippen molar-refractivity contribution in [2.24, 2.45) is 16.7 Å². The fourth-order valence-electron chi connectivity index (χ4n) is 14.2. The Morgan fingerprint density at radius 1 is 0.726 bits per heavy atom. The molecule has 12 atom stereocenters. The van der Waals surface area contributed by atoms with Crippen LogP contribution in [0.2, 0.25) is 0 Å². The molecule has 6 N–H and O–H groups in total. The highest BCUT2D eigenvalue weighted by atomic mass is 19.1. The Balaban J connectivity index is 0.981. The number of aliphatic hydroxyl groups excluding tert-OH is 2. The van der Waals surface area contributed by atoms with Crippen molar-refractivity contribution in [3.8, 4) is 28.2 Å². The van der Waals surface area contributed by atoms with E-state index >= 15 is 9.18 Å². The second kappa shape index (κ2) is 25.4. The molecular formula is C71H66F2N2O20. The highest BCUT2D eigenvalue weighted by molar-refractivity contribution is 6.04. The molecule has 0 spiro atoms. The largest absolute Gasteiger partial charge is 0.505 e. The van der Waals surface area contributed by atoms with Crippen LogP contribution in [0.3, 0.4) is 0 Å². The van der Waals surface area contributed by atoms with Gasteiger partial charge in [0.25, 0.3) is 11.8 Å². The molecule has 494 valence electrons. The molecule has 0 unspecified atom stereocenters. The van der Waals surface area contributed by atoms with Gasteiger partial charge in [0.05, 0.1) is 36.2 Å². The first kappa shape index (κ1) is 66.4. The van der Waals surface area contributed by atoms with Crippen molar-refractivity contribution < 1.29 is 100 Å². The third-order valence-electron chi connectivity index (χ3n) is 19.1. The van der Waals surface area contributed by atoms with E-state index in [1.165, 1.54) is 89.2 Å². The van der Waals surface area contributed by atoms with Crippen LogP contribution in [-0.2, 0) is 59.0 Å². The number of halogens is 2. The summed E-state index contributed by atoms with van der Waals surface area (Å²) in [5, 5.41) is 52.6. The van der Waals surface area contributed by atoms with E-state index in [9.17, 15) is 63.2 Å². The second-order valence-electron chi connectivity index (χ2n) is 25.0. The van der Waals surface area contributed by atoms with Crippen LogP contribution in [0.4, 0.5) is 8.78 Å². The number of phenols is 1. The SMILES string of the molecule is CC(=O)O[C@H]1C(=O)[C@]2(C)[C@@H](OC(=O)[C@H](C)NC(=O)c3ccc(-c4c5cc(F)c(=O)cc-5oc5cc(O)c(F)cc45)c(CO)c3)C[C@H]3OC[C@@]3(OC(C)=O)[C@H]2[C@H](OC(=O)c2ccccc2)[C@]2(O)C[C@H](OC(=O)[C@H](O)[C@@H](NC(=O)c3ccccc3)c3ccccc3)C(C)=C1C2(C)C. The maximum absolute atomic E-state index is 16.6. The van der Waals surface area contributed by atoms with E-state index in [1.807, 2.05) is 0 Å². The van der Waals surface area contributed by atoms with Gasteiger partial charge in [0.2, 0.25) is 5.43 Å². The van der Waals surface area contributed by atoms with Gasteiger partial charge in [-0.15, -0.1) is 0 Å². The fraction of sp³-hybridized carbons (Fsp3) is 0.338. The quantitative estimate of drug-likeness (QED) is 0.0237. The molecule has 5 aromatic carbocycles. The molecule has 5 aromatic rings. The van der Waals surface area contributed by atoms with E-state index in [0.717, 1.165) is 38.1 Å². The number of rotatable bonds is 16. The highest BCUT2D eigenvalue weighted by Crippen LogP contribution is 2.65. The number of aromatic hydroxyl groups is 1. The summed E-state index contributed by atoms with van der Waals surface area (Å²) in [6, 6.07) is 27.9. The van der Waals surface area contributed by atoms with Gasteiger partial charge in [-0.2, -0.15) is 0 Å². The smallest absolute Gasteiger partial charge is 0.338 e. The van der Waals surface area contributed by atoms with Crippen molar-refractivity contribution in [3.63, 3.8) is 0 Å². The number of carbonyl (C=O) groups excluding carboxylic acids is 8. The number of aliphatic hydroxyl groups is 3. The fourth-order valence-corrected chi connectivity index (χ4v) is 14.2. The molecule has 0 aromatic heterocycles. The summed E-state index contributed by atoms with van der Waals surface area (Å²) in [5.41, 5.74) is -9.85. The summed E-state index contributed by atoms with van der Waals surface area (Å²) in [6.07, 6.45) is -12.2. The van der Waals surface area contributed by atoms with Crippen LogP contribution in [0.5, 0.6) is 5.75 Å². The molecule has 3 fully saturated rings. The van der Waals surface area contributed by atoms with Crippen molar-refractivity contribution in [1.82, 2.24) is 10.6 Å². The molecule has 24 heteroatoms. The van der Waals surface area contributed by atoms with E-state index in [-0.39, 0.29) is 72.4 Å². The number of hydrogen-bond donors (Lipinski definition) is 6. The number of fused-ring (bicyclic) bond motifs is 7. The first-order valence-corrected chi connectivity index (χ1v) is 30.4. The predicted molar refractivity (Wildman–Crippen MR) is 331 cm³/mol. The maximum atomic E-state index is 16.6. The van der Waals surface area contributed by atoms with Crippen molar-refractivity contribution in [1.29, 1.82) is 0 Å². The molecular weight excluding hydrogens is 1240 g/mol. The minimum Gasteiger partial charge on any atom is -0.505 e. The van der Waals surface area contributed by atoms with Gasteiger partial charge in [0.1, 0.15) is 47.4 Å². The Morgan fingerprint density at radius 2 is 1.37 bits per heavy atom. The summed E-state index contributed by atoms with van der Waals surface area (Å²) in [6.45, 7) is 7.76. The number of carbonyl (C=O) groups is 8. The Morgan fingerprint density at radius 3 is 1.99 bits per heavy atom. The molecule has 22 nitrogen and oxygen atoms in total. The van der Waals surface area contributed by atoms with Gasteiger partial charge in [-0.1, -0.05) is 86.6 Å². The lowest BCUT2D eigenvalue weighted by Gasteiger charge is -2.67. The maximum Gasteiger partial charge on any atom is 0.338 e. The molecule has 4 aliphatic carbocycles. The van der Waals surface area contributed by atoms with Gasteiger partial charge in [-0.25, -0.2) is 23.2 Å². The number of hydrogen-bond acceptors (Lipinski definition) is 20. The third kappa shape index (κ3) is 11.7. The summed E-state index contributed by atoms with van der Waals surface area (Å²) in [4.78, 5) is 129. The van der Waals surface area contributed by atoms with Crippen molar-refractivity contribution in [2.45, 2.75) is 128 Å². The minimum absolute atomic E-state index is 0.00981. The number of phenolic OH excluding ortho intramolecular Hbond substituents is 1. The Hall–Kier alpha value is -10.0. The molecule has 2 heterocycles. The summed E-state index contributed by atoms with van der Waals surface area (Å²) in [5.74, 6) is -13.3. The zero-order valence-electron chi connectivity index (χ0n) is 52.3. The number of ether oxygens (including phenoxy) is 6. The summed E-state index contributed by atoms with van der Waals surface area (Å²) < 4.78 is 73.4. The van der Waals surface area contributed by atoms with Crippen molar-refractivity contribution in [3.05, 3.63) is 194 Å². The standard InChI is InChI=1S/C71H66F2N2O20/c1-34-52(92-67(87)58(81)57(38-17-11-8-12-18-38)75-63(83)39-19-13-9-14-20-39)31-71(88)62(94-66(86)40-21-15-10-16-22-40)60-69(7,61(82)59(90-36(3)77)56(34)68(71,5)6)53(30-54-70(60,33-89-54)95-37(4)78)93-65(85)35(2)74-64(84)41-23-24-43(42(25-41)32-76)55-44-26-46(72)48(79)28-50(44)91-51-29-49(80)47(73)27-45(51)55/h8-29,35,52-54,57-60,62,76,79,81,88H,30-33H2,1-7H3,(H,74,84)(H,75,83)/t35-,52-,53-,54+,57-,58+,59+,60-,62-,69+,70-,71+/m0/s1. The molecule has 0 radical (unpaired) electrons. The van der Waals surface area contributed by atoms with Crippen LogP contribution in [0.15, 0.2) is 154 Å². The monoisotopic (exact) mass is 1300 g/mol. The van der Waals surface area contributed by atoms with E-state index in [2.05, 4.69) is 10.6 Å². The number of Topliss-reactive ketones (excluding diaryl/α,β-unsaturated/α-hetero) is 1. The van der Waals surface area contributed by atoms with Gasteiger partial charge < -0.3 is 63.9 Å². The Kier molecular flexibility index (Phi) is 17.7. The Labute approximate surface area is 541 Å². The molecule has 95 heavy (non-hydrogen) atoms. The lowest BCUT2D eigenvalue weighted by Crippen LogP contribution is -2.82. The minimum atomic E-state index is -2.64. The van der Waals surface area contributed by atoms with Gasteiger partial charge in [0.15, 0.2) is 41.0 Å². The molecule has 11 rings (SSSR count). The Bertz CT molecular complexity index is 4330. The number of nitrogens with one attached hydrogen (secondary N) is 2. The first-order chi connectivity index (χ1) is 45.0. The molecule has 2 amide bonds. The van der Waals surface area contributed by atoms with Crippen LogP contribution in [0, 0.1) is 28.4 Å². The molecule has 1 saturated heterocycles. The van der Waals surface area contributed by atoms with E-state index in [1.54, 1.807) is 54.6 Å². The highest BCUT2D eigenvalue weighted by Gasteiger charge is 2.79. The van der Waals surface area contributed by atoms with Gasteiger partial charge in [0, 0.05) is 71.9 Å². The zero-order chi connectivity index (χ0) is 68.4. The molecule has 6 aliphatic rings. The number of benzene rings is 6. The van der Waals surface area contributed by atoms with Crippen LogP contribution in [0.25, 0.3) is 33.4 Å². The number of esters is 5. The van der Waals surface area contributed by atoms with E-state index in [0.29, 0.717) is 0 Å². The van der Waals surface area contributed by atoms with Gasteiger partial charge in [-0.3, -0.25) is 28.8 Å². The molecule has 2 bridgehead atoms. The predicted octanol–water partition coefficient (Wildman–Crippen LogP) is 7.46. The second-order valence-corrected chi connectivity index (χ2v) is 25.0. The number of amides is 2. The molecule has 2 saturated carbocycles. The van der Waals surface area contributed by atoms with Crippen LogP contribution in [-0.4, -0.2) is 128 Å².